The largest absolute Gasteiger partial charge is 0.502 e. The summed E-state index contributed by atoms with van der Waals surface area (Å²) < 4.78 is 12.2. The Morgan fingerprint density at radius 2 is 1.82 bits per heavy atom. The van der Waals surface area contributed by atoms with Gasteiger partial charge in [-0.05, 0) is 31.5 Å². The summed E-state index contributed by atoms with van der Waals surface area (Å²) >= 11 is 0. The van der Waals surface area contributed by atoms with E-state index in [0.717, 1.165) is 24.3 Å². The summed E-state index contributed by atoms with van der Waals surface area (Å²) in [6, 6.07) is 3.60. The van der Waals surface area contributed by atoms with Crippen molar-refractivity contribution in [1.29, 1.82) is 0 Å². The summed E-state index contributed by atoms with van der Waals surface area (Å²) in [6.45, 7) is 6.32. The lowest BCUT2D eigenvalue weighted by atomic mass is 10.1. The van der Waals surface area contributed by atoms with Gasteiger partial charge in [0.15, 0.2) is 11.5 Å². The van der Waals surface area contributed by atoms with Crippen LogP contribution in [0, 0.1) is 6.92 Å². The Hall–Kier alpha value is -2.21. The van der Waals surface area contributed by atoms with Gasteiger partial charge in [0.25, 0.3) is 0 Å². The third-order valence-electron chi connectivity index (χ3n) is 3.56. The maximum absolute atomic E-state index is 9.90. The number of hydrogen-bond donors (Lipinski definition) is 2. The van der Waals surface area contributed by atoms with Crippen LogP contribution >= 0.6 is 0 Å². The Morgan fingerprint density at radius 1 is 1.18 bits per heavy atom. The van der Waals surface area contributed by atoms with Gasteiger partial charge in [0.1, 0.15) is 0 Å². The molecule has 0 aliphatic rings. The van der Waals surface area contributed by atoms with Crippen molar-refractivity contribution in [1.82, 2.24) is 15.1 Å². The van der Waals surface area contributed by atoms with E-state index in [4.69, 9.17) is 9.47 Å². The van der Waals surface area contributed by atoms with Crippen molar-refractivity contribution >= 4 is 0 Å². The van der Waals surface area contributed by atoms with Gasteiger partial charge in [0.05, 0.1) is 19.9 Å². The summed E-state index contributed by atoms with van der Waals surface area (Å²) in [5.74, 6) is 0.839. The topological polar surface area (TPSA) is 68.5 Å². The first-order valence-electron chi connectivity index (χ1n) is 7.26. The van der Waals surface area contributed by atoms with Crippen molar-refractivity contribution in [3.8, 4) is 17.2 Å². The average Bonchev–Trinajstić information content (AvgIpc) is 2.89. The molecule has 0 saturated heterocycles. The SMILES string of the molecule is CCn1cc(CNCc2cc(OC)c(O)c(OC)c2)c(C)n1. The summed E-state index contributed by atoms with van der Waals surface area (Å²) in [6.07, 6.45) is 2.06. The van der Waals surface area contributed by atoms with Crippen molar-refractivity contribution in [3.05, 3.63) is 35.2 Å². The minimum atomic E-state index is 0.0221. The average molecular weight is 305 g/mol. The fourth-order valence-electron chi connectivity index (χ4n) is 2.29. The van der Waals surface area contributed by atoms with Gasteiger partial charge in [0, 0.05) is 31.4 Å². The van der Waals surface area contributed by atoms with E-state index in [0.29, 0.717) is 18.0 Å². The van der Waals surface area contributed by atoms with Gasteiger partial charge in [-0.15, -0.1) is 0 Å². The van der Waals surface area contributed by atoms with Crippen molar-refractivity contribution in [2.75, 3.05) is 14.2 Å². The third-order valence-corrected chi connectivity index (χ3v) is 3.56. The molecule has 0 atom stereocenters. The van der Waals surface area contributed by atoms with E-state index in [1.54, 1.807) is 12.1 Å². The second-order valence-electron chi connectivity index (χ2n) is 5.05. The molecule has 0 bridgehead atoms. The molecule has 6 heteroatoms. The number of phenolic OH excluding ortho intramolecular Hbond substituents is 1. The van der Waals surface area contributed by atoms with Crippen molar-refractivity contribution in [2.45, 2.75) is 33.5 Å². The number of rotatable bonds is 7. The Bertz CT molecular complexity index is 613. The summed E-state index contributed by atoms with van der Waals surface area (Å²) in [5, 5.41) is 17.7. The van der Waals surface area contributed by atoms with E-state index in [9.17, 15) is 5.11 Å². The fraction of sp³-hybridized carbons (Fsp3) is 0.438. The molecule has 0 amide bonds. The standard InChI is InChI=1S/C16H23N3O3/c1-5-19-10-13(11(2)18-19)9-17-8-12-6-14(21-3)16(20)15(7-12)22-4/h6-7,10,17,20H,5,8-9H2,1-4H3. The van der Waals surface area contributed by atoms with Gasteiger partial charge in [-0.3, -0.25) is 4.68 Å². The highest BCUT2D eigenvalue weighted by atomic mass is 16.5. The summed E-state index contributed by atoms with van der Waals surface area (Å²) in [7, 11) is 3.04. The molecule has 120 valence electrons. The molecule has 0 spiro atoms. The zero-order valence-corrected chi connectivity index (χ0v) is 13.5. The van der Waals surface area contributed by atoms with Gasteiger partial charge in [-0.2, -0.15) is 5.10 Å². The molecule has 0 fully saturated rings. The number of nitrogens with zero attached hydrogens (tertiary/aromatic N) is 2. The van der Waals surface area contributed by atoms with Crippen LogP contribution in [-0.2, 0) is 19.6 Å². The molecule has 0 aliphatic heterocycles. The zero-order chi connectivity index (χ0) is 16.1. The number of hydrogen-bond acceptors (Lipinski definition) is 5. The van der Waals surface area contributed by atoms with Gasteiger partial charge < -0.3 is 19.9 Å². The molecular formula is C16H23N3O3. The van der Waals surface area contributed by atoms with Crippen LogP contribution in [0.4, 0.5) is 0 Å². The molecular weight excluding hydrogens is 282 g/mol. The Balaban J connectivity index is 2.03. The van der Waals surface area contributed by atoms with Crippen LogP contribution in [-0.4, -0.2) is 29.1 Å². The highest BCUT2D eigenvalue weighted by Crippen LogP contribution is 2.37. The highest BCUT2D eigenvalue weighted by molar-refractivity contribution is 5.52. The van der Waals surface area contributed by atoms with E-state index in [2.05, 4.69) is 23.5 Å². The van der Waals surface area contributed by atoms with Crippen LogP contribution in [0.3, 0.4) is 0 Å². The first-order chi connectivity index (χ1) is 10.6. The number of benzene rings is 1. The fourth-order valence-corrected chi connectivity index (χ4v) is 2.29. The molecule has 2 rings (SSSR count). The molecule has 0 unspecified atom stereocenters. The maximum atomic E-state index is 9.90. The van der Waals surface area contributed by atoms with Gasteiger partial charge >= 0.3 is 0 Å². The van der Waals surface area contributed by atoms with E-state index in [1.807, 2.05) is 11.6 Å². The minimum Gasteiger partial charge on any atom is -0.502 e. The molecule has 1 aromatic carbocycles. The second kappa shape index (κ2) is 7.17. The second-order valence-corrected chi connectivity index (χ2v) is 5.05. The van der Waals surface area contributed by atoms with Crippen LogP contribution in [0.25, 0.3) is 0 Å². The number of aromatic nitrogens is 2. The zero-order valence-electron chi connectivity index (χ0n) is 13.5. The molecule has 0 aliphatic carbocycles. The Morgan fingerprint density at radius 3 is 2.32 bits per heavy atom. The number of aryl methyl sites for hydroxylation is 2. The lowest BCUT2D eigenvalue weighted by molar-refractivity contribution is 0.339. The molecule has 0 saturated carbocycles. The van der Waals surface area contributed by atoms with Gasteiger partial charge in [-0.25, -0.2) is 0 Å². The van der Waals surface area contributed by atoms with Gasteiger partial charge in [0.2, 0.25) is 5.75 Å². The van der Waals surface area contributed by atoms with E-state index >= 15 is 0 Å². The number of nitrogens with one attached hydrogen (secondary N) is 1. The van der Waals surface area contributed by atoms with Crippen molar-refractivity contribution in [3.63, 3.8) is 0 Å². The van der Waals surface area contributed by atoms with Crippen LogP contribution < -0.4 is 14.8 Å². The predicted molar refractivity (Wildman–Crippen MR) is 84.4 cm³/mol. The van der Waals surface area contributed by atoms with Crippen LogP contribution in [0.15, 0.2) is 18.3 Å². The monoisotopic (exact) mass is 305 g/mol. The number of methoxy groups -OCH3 is 2. The molecule has 1 aromatic heterocycles. The molecule has 2 N–H and O–H groups in total. The molecule has 1 heterocycles. The van der Waals surface area contributed by atoms with E-state index in [-0.39, 0.29) is 5.75 Å². The quantitative estimate of drug-likeness (QED) is 0.821. The lowest BCUT2D eigenvalue weighted by Crippen LogP contribution is -2.13. The first-order valence-corrected chi connectivity index (χ1v) is 7.26. The van der Waals surface area contributed by atoms with Gasteiger partial charge in [-0.1, -0.05) is 0 Å². The van der Waals surface area contributed by atoms with Crippen LogP contribution in [0.1, 0.15) is 23.7 Å². The van der Waals surface area contributed by atoms with Crippen LogP contribution in [0.2, 0.25) is 0 Å². The van der Waals surface area contributed by atoms with Crippen molar-refractivity contribution < 1.29 is 14.6 Å². The normalized spacial score (nSPS) is 10.7. The maximum Gasteiger partial charge on any atom is 0.200 e. The first kappa shape index (κ1) is 16.2. The summed E-state index contributed by atoms with van der Waals surface area (Å²) in [5.41, 5.74) is 3.20. The molecule has 6 nitrogen and oxygen atoms in total. The molecule has 0 radical (unpaired) electrons. The van der Waals surface area contributed by atoms with E-state index < -0.39 is 0 Å². The number of aromatic hydroxyl groups is 1. The molecule has 2 aromatic rings. The molecule has 22 heavy (non-hydrogen) atoms. The van der Waals surface area contributed by atoms with Crippen molar-refractivity contribution in [2.24, 2.45) is 0 Å². The number of phenols is 1. The van der Waals surface area contributed by atoms with Crippen LogP contribution in [0.5, 0.6) is 17.2 Å². The Kier molecular flexibility index (Phi) is 5.27. The lowest BCUT2D eigenvalue weighted by Gasteiger charge is -2.11. The Labute approximate surface area is 130 Å². The smallest absolute Gasteiger partial charge is 0.200 e. The van der Waals surface area contributed by atoms with E-state index in [1.165, 1.54) is 19.8 Å². The minimum absolute atomic E-state index is 0.0221. The summed E-state index contributed by atoms with van der Waals surface area (Å²) in [4.78, 5) is 0. The predicted octanol–water partition coefficient (Wildman–Crippen LogP) is 2.22. The number of ether oxygens (including phenoxy) is 2. The highest BCUT2D eigenvalue weighted by Gasteiger charge is 2.11. The third kappa shape index (κ3) is 3.51.